The van der Waals surface area contributed by atoms with E-state index in [0.717, 1.165) is 59.8 Å². The second-order valence-corrected chi connectivity index (χ2v) is 9.50. The van der Waals surface area contributed by atoms with Gasteiger partial charge in [0.1, 0.15) is 0 Å². The molecule has 9 heteroatoms. The molecule has 0 radical (unpaired) electrons. The van der Waals surface area contributed by atoms with Gasteiger partial charge < -0.3 is 10.2 Å². The standard InChI is InChI=1S/C23H29N7OS/c1-16-21(17(2)30(27-16)19-9-5-3-6-10-19)24-20(31)15-32-23-26-25-22(29(23)18-11-12-18)28-13-7-4-8-14-28/h3,5-6,9-10,18H,4,7-8,11-15H2,1-2H3,(H,24,31). The van der Waals surface area contributed by atoms with E-state index in [2.05, 4.69) is 30.1 Å². The highest BCUT2D eigenvalue weighted by atomic mass is 32.2. The Morgan fingerprint density at radius 2 is 1.84 bits per heavy atom. The normalized spacial score (nSPS) is 16.4. The molecule has 32 heavy (non-hydrogen) atoms. The first kappa shape index (κ1) is 21.1. The minimum Gasteiger partial charge on any atom is -0.341 e. The van der Waals surface area contributed by atoms with E-state index in [0.29, 0.717) is 11.8 Å². The fourth-order valence-corrected chi connectivity index (χ4v) is 5.08. The van der Waals surface area contributed by atoms with Crippen LogP contribution in [0.4, 0.5) is 11.6 Å². The molecule has 168 valence electrons. The zero-order chi connectivity index (χ0) is 22.1. The third-order valence-corrected chi connectivity index (χ3v) is 7.03. The summed E-state index contributed by atoms with van der Waals surface area (Å²) in [6.45, 7) is 5.98. The molecule has 1 saturated heterocycles. The van der Waals surface area contributed by atoms with Gasteiger partial charge in [0, 0.05) is 19.1 Å². The van der Waals surface area contributed by atoms with Gasteiger partial charge in [-0.15, -0.1) is 10.2 Å². The van der Waals surface area contributed by atoms with Gasteiger partial charge in [-0.3, -0.25) is 9.36 Å². The summed E-state index contributed by atoms with van der Waals surface area (Å²) < 4.78 is 4.12. The Morgan fingerprint density at radius 1 is 1.09 bits per heavy atom. The number of thioether (sulfide) groups is 1. The van der Waals surface area contributed by atoms with Gasteiger partial charge in [0.2, 0.25) is 11.9 Å². The van der Waals surface area contributed by atoms with Gasteiger partial charge in [0.05, 0.1) is 28.5 Å². The minimum atomic E-state index is -0.0568. The van der Waals surface area contributed by atoms with Crippen LogP contribution in [-0.2, 0) is 4.79 Å². The number of amides is 1. The quantitative estimate of drug-likeness (QED) is 0.544. The van der Waals surface area contributed by atoms with Crippen LogP contribution in [-0.4, -0.2) is 49.3 Å². The van der Waals surface area contributed by atoms with Gasteiger partial charge in [-0.25, -0.2) is 4.68 Å². The van der Waals surface area contributed by atoms with Gasteiger partial charge >= 0.3 is 0 Å². The van der Waals surface area contributed by atoms with Gasteiger partial charge in [-0.2, -0.15) is 5.10 Å². The largest absolute Gasteiger partial charge is 0.341 e. The maximum atomic E-state index is 12.8. The molecule has 1 aliphatic heterocycles. The lowest BCUT2D eigenvalue weighted by molar-refractivity contribution is -0.113. The second kappa shape index (κ2) is 8.97. The maximum absolute atomic E-state index is 12.8. The van der Waals surface area contributed by atoms with Crippen LogP contribution in [0.25, 0.3) is 5.69 Å². The fraction of sp³-hybridized carbons (Fsp3) is 0.478. The first-order valence-electron chi connectivity index (χ1n) is 11.4. The van der Waals surface area contributed by atoms with Crippen LogP contribution in [0.3, 0.4) is 0 Å². The first-order valence-corrected chi connectivity index (χ1v) is 12.3. The molecule has 2 aromatic heterocycles. The number of nitrogens with one attached hydrogen (secondary N) is 1. The summed E-state index contributed by atoms with van der Waals surface area (Å²) in [4.78, 5) is 15.2. The highest BCUT2D eigenvalue weighted by Crippen LogP contribution is 2.41. The van der Waals surface area contributed by atoms with E-state index >= 15 is 0 Å². The predicted octanol–water partition coefficient (Wildman–Crippen LogP) is 4.14. The van der Waals surface area contributed by atoms with E-state index in [1.165, 1.54) is 31.0 Å². The SMILES string of the molecule is Cc1nn(-c2ccccc2)c(C)c1NC(=O)CSc1nnc(N2CCCCC2)n1C1CC1. The monoisotopic (exact) mass is 451 g/mol. The zero-order valence-electron chi connectivity index (χ0n) is 18.6. The predicted molar refractivity (Wildman–Crippen MR) is 127 cm³/mol. The van der Waals surface area contributed by atoms with Crippen LogP contribution < -0.4 is 10.2 Å². The van der Waals surface area contributed by atoms with Gasteiger partial charge in [0.15, 0.2) is 5.16 Å². The van der Waals surface area contributed by atoms with Crippen LogP contribution in [0.1, 0.15) is 49.5 Å². The van der Waals surface area contributed by atoms with Crippen LogP contribution in [0.15, 0.2) is 35.5 Å². The molecule has 5 rings (SSSR count). The van der Waals surface area contributed by atoms with Crippen molar-refractivity contribution in [3.63, 3.8) is 0 Å². The summed E-state index contributed by atoms with van der Waals surface area (Å²) in [5.41, 5.74) is 3.47. The molecule has 1 N–H and O–H groups in total. The number of benzene rings is 1. The van der Waals surface area contributed by atoms with Crippen LogP contribution >= 0.6 is 11.8 Å². The average molecular weight is 452 g/mol. The molecule has 0 unspecified atom stereocenters. The number of hydrogen-bond donors (Lipinski definition) is 1. The highest BCUT2D eigenvalue weighted by Gasteiger charge is 2.32. The molecule has 2 fully saturated rings. The maximum Gasteiger partial charge on any atom is 0.234 e. The molecule has 1 aliphatic carbocycles. The highest BCUT2D eigenvalue weighted by molar-refractivity contribution is 7.99. The summed E-state index contributed by atoms with van der Waals surface area (Å²) in [5, 5.41) is 17.5. The molecule has 3 heterocycles. The summed E-state index contributed by atoms with van der Waals surface area (Å²) in [6, 6.07) is 10.4. The van der Waals surface area contributed by atoms with Crippen molar-refractivity contribution in [2.24, 2.45) is 0 Å². The van der Waals surface area contributed by atoms with Crippen LogP contribution in [0, 0.1) is 13.8 Å². The number of aromatic nitrogens is 5. The number of carbonyl (C=O) groups is 1. The Kier molecular flexibility index (Phi) is 5.91. The van der Waals surface area contributed by atoms with Crippen molar-refractivity contribution < 1.29 is 4.79 Å². The smallest absolute Gasteiger partial charge is 0.234 e. The summed E-state index contributed by atoms with van der Waals surface area (Å²) in [7, 11) is 0. The Bertz CT molecular complexity index is 1100. The lowest BCUT2D eigenvalue weighted by Crippen LogP contribution is -2.32. The lowest BCUT2D eigenvalue weighted by atomic mass is 10.1. The Morgan fingerprint density at radius 3 is 2.56 bits per heavy atom. The number of hydrogen-bond acceptors (Lipinski definition) is 6. The average Bonchev–Trinajstić information content (AvgIpc) is 3.52. The number of para-hydroxylation sites is 1. The molecule has 8 nitrogen and oxygen atoms in total. The topological polar surface area (TPSA) is 80.9 Å². The van der Waals surface area contributed by atoms with E-state index in [9.17, 15) is 4.79 Å². The van der Waals surface area contributed by atoms with Gasteiger partial charge in [0.25, 0.3) is 0 Å². The fourth-order valence-electron chi connectivity index (χ4n) is 4.28. The Hall–Kier alpha value is -2.81. The minimum absolute atomic E-state index is 0.0568. The molecule has 0 atom stereocenters. The Labute approximate surface area is 192 Å². The Balaban J connectivity index is 1.27. The number of carbonyl (C=O) groups excluding carboxylic acids is 1. The zero-order valence-corrected chi connectivity index (χ0v) is 19.4. The summed E-state index contributed by atoms with van der Waals surface area (Å²) in [6.07, 6.45) is 6.02. The number of aryl methyl sites for hydroxylation is 1. The summed E-state index contributed by atoms with van der Waals surface area (Å²) in [5.74, 6) is 1.21. The van der Waals surface area contributed by atoms with E-state index in [-0.39, 0.29) is 5.91 Å². The van der Waals surface area contributed by atoms with Gasteiger partial charge in [-0.05, 0) is 58.1 Å². The number of rotatable bonds is 7. The van der Waals surface area contributed by atoms with Crippen molar-refractivity contribution >= 4 is 29.3 Å². The lowest BCUT2D eigenvalue weighted by Gasteiger charge is -2.27. The molecule has 1 saturated carbocycles. The third-order valence-electron chi connectivity index (χ3n) is 6.09. The molecule has 0 bridgehead atoms. The van der Waals surface area contributed by atoms with Crippen molar-refractivity contribution in [3.05, 3.63) is 41.7 Å². The molecule has 2 aliphatic rings. The summed E-state index contributed by atoms with van der Waals surface area (Å²) >= 11 is 1.47. The third kappa shape index (κ3) is 4.26. The van der Waals surface area contributed by atoms with Crippen molar-refractivity contribution in [3.8, 4) is 5.69 Å². The number of piperidine rings is 1. The van der Waals surface area contributed by atoms with Crippen LogP contribution in [0.5, 0.6) is 0 Å². The van der Waals surface area contributed by atoms with E-state index in [1.54, 1.807) is 0 Å². The number of nitrogens with zero attached hydrogens (tertiary/aromatic N) is 6. The van der Waals surface area contributed by atoms with Crippen LogP contribution in [0.2, 0.25) is 0 Å². The van der Waals surface area contributed by atoms with E-state index < -0.39 is 0 Å². The molecule has 1 aromatic carbocycles. The van der Waals surface area contributed by atoms with E-state index in [4.69, 9.17) is 0 Å². The van der Waals surface area contributed by atoms with E-state index in [1.807, 2.05) is 48.9 Å². The molecule has 3 aromatic rings. The number of anilines is 2. The second-order valence-electron chi connectivity index (χ2n) is 8.56. The molecular weight excluding hydrogens is 422 g/mol. The molecule has 1 amide bonds. The first-order chi connectivity index (χ1) is 15.6. The molecular formula is C23H29N7OS. The van der Waals surface area contributed by atoms with Crippen molar-refractivity contribution in [2.75, 3.05) is 29.1 Å². The van der Waals surface area contributed by atoms with Gasteiger partial charge in [-0.1, -0.05) is 30.0 Å². The van der Waals surface area contributed by atoms with Crippen molar-refractivity contribution in [1.82, 2.24) is 24.5 Å². The van der Waals surface area contributed by atoms with Crippen molar-refractivity contribution in [1.29, 1.82) is 0 Å². The molecule has 0 spiro atoms. The van der Waals surface area contributed by atoms with Crippen molar-refractivity contribution in [2.45, 2.75) is 57.1 Å².